The van der Waals surface area contributed by atoms with E-state index in [-0.39, 0.29) is 5.56 Å². The minimum atomic E-state index is -0.0998. The van der Waals surface area contributed by atoms with Crippen LogP contribution in [-0.2, 0) is 6.61 Å². The molecule has 0 fully saturated rings. The summed E-state index contributed by atoms with van der Waals surface area (Å²) in [6.07, 6.45) is 1.81. The van der Waals surface area contributed by atoms with Crippen LogP contribution in [0.1, 0.15) is 18.1 Å². The van der Waals surface area contributed by atoms with Crippen LogP contribution in [0.3, 0.4) is 0 Å². The van der Waals surface area contributed by atoms with Gasteiger partial charge in [0.25, 0.3) is 5.56 Å². The molecule has 7 heteroatoms. The number of hydrogen-bond donors (Lipinski definition) is 0. The normalized spacial score (nSPS) is 12.0. The lowest BCUT2D eigenvalue weighted by molar-refractivity contribution is 0.269. The van der Waals surface area contributed by atoms with Crippen LogP contribution in [0.25, 0.3) is 22.1 Å². The fourth-order valence-corrected chi connectivity index (χ4v) is 4.83. The minimum Gasteiger partial charge on any atom is -0.490 e. The second kappa shape index (κ2) is 8.65. The molecule has 5 nitrogen and oxygen atoms in total. The van der Waals surface area contributed by atoms with Gasteiger partial charge in [0.1, 0.15) is 6.61 Å². The molecule has 5 aromatic rings. The number of rotatable bonds is 6. The third-order valence-electron chi connectivity index (χ3n) is 5.00. The third-order valence-corrected chi connectivity index (χ3v) is 6.25. The van der Waals surface area contributed by atoms with Crippen molar-refractivity contribution in [1.82, 2.24) is 9.38 Å². The number of para-hydroxylation sites is 2. The molecule has 0 aliphatic heterocycles. The number of nitrogens with zero attached hydrogens (tertiary/aromatic N) is 2. The largest absolute Gasteiger partial charge is 0.490 e. The highest BCUT2D eigenvalue weighted by atomic mass is 35.5. The van der Waals surface area contributed by atoms with Gasteiger partial charge >= 0.3 is 0 Å². The summed E-state index contributed by atoms with van der Waals surface area (Å²) in [6, 6.07) is 21.1. The number of aromatic nitrogens is 2. The Bertz CT molecular complexity index is 1530. The summed E-state index contributed by atoms with van der Waals surface area (Å²) in [7, 11) is 0. The lowest BCUT2D eigenvalue weighted by atomic mass is 10.2. The maximum atomic E-state index is 13.0. The van der Waals surface area contributed by atoms with Crippen molar-refractivity contribution >= 4 is 45.0 Å². The molecule has 0 amide bonds. The average Bonchev–Trinajstić information content (AvgIpc) is 3.30. The van der Waals surface area contributed by atoms with Crippen molar-refractivity contribution < 1.29 is 9.47 Å². The Morgan fingerprint density at radius 3 is 2.66 bits per heavy atom. The highest BCUT2D eigenvalue weighted by Gasteiger charge is 2.14. The standard InChI is InChI=1S/C25H19ClN2O3S/c1-2-30-21-13-17(12-18(26)23(21)31-15-16-8-4-3-5-9-16)14-22-24(29)28-20-11-7-6-10-19(20)27-25(28)32-22/h3-14H,2,15H2,1H3. The number of benzene rings is 3. The average molecular weight is 463 g/mol. The molecule has 0 atom stereocenters. The van der Waals surface area contributed by atoms with Crippen molar-refractivity contribution in [2.75, 3.05) is 6.61 Å². The Kier molecular flexibility index (Phi) is 5.55. The minimum absolute atomic E-state index is 0.0998. The number of imidazole rings is 1. The quantitative estimate of drug-likeness (QED) is 0.353. The van der Waals surface area contributed by atoms with Crippen LogP contribution < -0.4 is 19.6 Å². The van der Waals surface area contributed by atoms with Gasteiger partial charge in [-0.25, -0.2) is 9.38 Å². The summed E-state index contributed by atoms with van der Waals surface area (Å²) < 4.78 is 14.0. The van der Waals surface area contributed by atoms with E-state index in [1.807, 2.05) is 73.7 Å². The first-order chi connectivity index (χ1) is 15.6. The van der Waals surface area contributed by atoms with Crippen molar-refractivity contribution in [1.29, 1.82) is 0 Å². The van der Waals surface area contributed by atoms with Gasteiger partial charge in [0.15, 0.2) is 16.5 Å². The number of ether oxygens (including phenoxy) is 2. The Hall–Kier alpha value is -3.35. The van der Waals surface area contributed by atoms with Gasteiger partial charge in [0.05, 0.1) is 27.2 Å². The second-order valence-corrected chi connectivity index (χ2v) is 8.59. The molecule has 32 heavy (non-hydrogen) atoms. The van der Waals surface area contributed by atoms with Crippen molar-refractivity contribution in [3.63, 3.8) is 0 Å². The van der Waals surface area contributed by atoms with Crippen LogP contribution in [-0.4, -0.2) is 16.0 Å². The molecule has 0 radical (unpaired) electrons. The zero-order chi connectivity index (χ0) is 22.1. The van der Waals surface area contributed by atoms with Gasteiger partial charge < -0.3 is 9.47 Å². The first kappa shape index (κ1) is 20.5. The van der Waals surface area contributed by atoms with Gasteiger partial charge in [-0.2, -0.15) is 0 Å². The van der Waals surface area contributed by atoms with E-state index >= 15 is 0 Å². The van der Waals surface area contributed by atoms with E-state index in [1.165, 1.54) is 11.3 Å². The first-order valence-corrected chi connectivity index (χ1v) is 11.4. The Morgan fingerprint density at radius 1 is 1.06 bits per heavy atom. The molecule has 0 saturated carbocycles. The van der Waals surface area contributed by atoms with Crippen LogP contribution in [0.4, 0.5) is 0 Å². The van der Waals surface area contributed by atoms with Gasteiger partial charge in [-0.05, 0) is 48.4 Å². The highest BCUT2D eigenvalue weighted by Crippen LogP contribution is 2.37. The van der Waals surface area contributed by atoms with Crippen molar-refractivity contribution in [3.8, 4) is 11.5 Å². The fourth-order valence-electron chi connectivity index (χ4n) is 3.57. The summed E-state index contributed by atoms with van der Waals surface area (Å²) in [6.45, 7) is 2.75. The lowest BCUT2D eigenvalue weighted by Gasteiger charge is -2.14. The maximum Gasteiger partial charge on any atom is 0.274 e. The molecule has 2 heterocycles. The molecule has 2 aromatic heterocycles. The molecule has 3 aromatic carbocycles. The lowest BCUT2D eigenvalue weighted by Crippen LogP contribution is -2.22. The van der Waals surface area contributed by atoms with E-state index in [9.17, 15) is 4.79 Å². The molecule has 0 unspecified atom stereocenters. The molecule has 160 valence electrons. The number of halogens is 1. The maximum absolute atomic E-state index is 13.0. The molecule has 0 spiro atoms. The first-order valence-electron chi connectivity index (χ1n) is 10.2. The molecule has 5 rings (SSSR count). The van der Waals surface area contributed by atoms with Crippen LogP contribution in [0.5, 0.6) is 11.5 Å². The summed E-state index contributed by atoms with van der Waals surface area (Å²) in [4.78, 5) is 18.3. The van der Waals surface area contributed by atoms with Gasteiger partial charge in [-0.15, -0.1) is 0 Å². The molecular formula is C25H19ClN2O3S. The predicted octanol–water partition coefficient (Wildman–Crippen LogP) is 5.09. The van der Waals surface area contributed by atoms with E-state index in [2.05, 4.69) is 4.98 Å². The van der Waals surface area contributed by atoms with Crippen LogP contribution >= 0.6 is 22.9 Å². The van der Waals surface area contributed by atoms with Gasteiger partial charge in [0, 0.05) is 0 Å². The fraction of sp³-hybridized carbons (Fsp3) is 0.120. The molecule has 0 aliphatic rings. The van der Waals surface area contributed by atoms with E-state index in [0.29, 0.717) is 39.2 Å². The van der Waals surface area contributed by atoms with Crippen LogP contribution in [0.15, 0.2) is 71.5 Å². The zero-order valence-electron chi connectivity index (χ0n) is 17.2. The predicted molar refractivity (Wildman–Crippen MR) is 129 cm³/mol. The van der Waals surface area contributed by atoms with E-state index in [1.54, 1.807) is 10.5 Å². The summed E-state index contributed by atoms with van der Waals surface area (Å²) in [5, 5.41) is 0.428. The SMILES string of the molecule is CCOc1cc(C=c2sc3nc4ccccc4n3c2=O)cc(Cl)c1OCc1ccccc1. The molecule has 0 saturated heterocycles. The second-order valence-electron chi connectivity index (χ2n) is 7.17. The van der Waals surface area contributed by atoms with Gasteiger partial charge in [-0.3, -0.25) is 4.79 Å². The summed E-state index contributed by atoms with van der Waals surface area (Å²) in [5.41, 5.74) is 3.31. The molecule has 0 aliphatic carbocycles. The Morgan fingerprint density at radius 2 is 1.84 bits per heavy atom. The van der Waals surface area contributed by atoms with Gasteiger partial charge in [-0.1, -0.05) is 65.4 Å². The molecule has 0 N–H and O–H groups in total. The van der Waals surface area contributed by atoms with Crippen molar-refractivity contribution in [2.24, 2.45) is 0 Å². The summed E-state index contributed by atoms with van der Waals surface area (Å²) >= 11 is 7.91. The van der Waals surface area contributed by atoms with Crippen molar-refractivity contribution in [2.45, 2.75) is 13.5 Å². The van der Waals surface area contributed by atoms with Crippen LogP contribution in [0.2, 0.25) is 5.02 Å². The smallest absolute Gasteiger partial charge is 0.274 e. The Labute approximate surface area is 193 Å². The molecular weight excluding hydrogens is 444 g/mol. The van der Waals surface area contributed by atoms with E-state index < -0.39 is 0 Å². The number of thiazole rings is 1. The molecule has 0 bridgehead atoms. The number of fused-ring (bicyclic) bond motifs is 3. The van der Waals surface area contributed by atoms with Crippen molar-refractivity contribution in [3.05, 3.63) is 97.8 Å². The number of hydrogen-bond acceptors (Lipinski definition) is 5. The van der Waals surface area contributed by atoms with E-state index in [4.69, 9.17) is 21.1 Å². The highest BCUT2D eigenvalue weighted by molar-refractivity contribution is 7.15. The third kappa shape index (κ3) is 3.83. The Balaban J connectivity index is 1.54. The van der Waals surface area contributed by atoms with Gasteiger partial charge in [0.2, 0.25) is 0 Å². The monoisotopic (exact) mass is 462 g/mol. The summed E-state index contributed by atoms with van der Waals surface area (Å²) in [5.74, 6) is 1.03. The topological polar surface area (TPSA) is 52.8 Å². The van der Waals surface area contributed by atoms with Crippen LogP contribution in [0, 0.1) is 0 Å². The zero-order valence-corrected chi connectivity index (χ0v) is 18.8. The van der Waals surface area contributed by atoms with E-state index in [0.717, 1.165) is 22.2 Å².